The summed E-state index contributed by atoms with van der Waals surface area (Å²) in [4.78, 5) is 7.94. The molecule has 0 bridgehead atoms. The van der Waals surface area contributed by atoms with E-state index in [1.165, 1.54) is 103 Å². The van der Waals surface area contributed by atoms with Gasteiger partial charge >= 0.3 is 0 Å². The van der Waals surface area contributed by atoms with Crippen molar-refractivity contribution >= 4 is 8.32 Å². The molecule has 0 N–H and O–H groups in total. The van der Waals surface area contributed by atoms with Gasteiger partial charge in [0.2, 0.25) is 0 Å². The van der Waals surface area contributed by atoms with Gasteiger partial charge in [0.25, 0.3) is 0 Å². The van der Waals surface area contributed by atoms with Crippen molar-refractivity contribution in [3.63, 3.8) is 0 Å². The summed E-state index contributed by atoms with van der Waals surface area (Å²) in [5.41, 5.74) is 0. The van der Waals surface area contributed by atoms with Gasteiger partial charge < -0.3 is 19.1 Å². The fourth-order valence-electron chi connectivity index (χ4n) is 3.96. The van der Waals surface area contributed by atoms with E-state index in [0.717, 1.165) is 0 Å². The van der Waals surface area contributed by atoms with Crippen LogP contribution in [0.5, 0.6) is 0 Å². The Labute approximate surface area is 179 Å². The van der Waals surface area contributed by atoms with E-state index >= 15 is 0 Å². The Morgan fingerprint density at radius 2 is 1.04 bits per heavy atom. The van der Waals surface area contributed by atoms with Crippen molar-refractivity contribution < 1.29 is 4.43 Å². The van der Waals surface area contributed by atoms with Crippen LogP contribution in [0.3, 0.4) is 0 Å². The lowest BCUT2D eigenvalue weighted by molar-refractivity contribution is 0.212. The SMILES string of the molecule is CCCN(CC)CCCN(CCCN(CC)CCC)CCC[Si](C)(CC)OC. The van der Waals surface area contributed by atoms with Crippen molar-refractivity contribution in [1.29, 1.82) is 0 Å². The smallest absolute Gasteiger partial charge is 0.189 e. The lowest BCUT2D eigenvalue weighted by Crippen LogP contribution is -2.36. The van der Waals surface area contributed by atoms with E-state index in [4.69, 9.17) is 4.43 Å². The quantitative estimate of drug-likeness (QED) is 0.255. The number of hydrogen-bond donors (Lipinski definition) is 0. The molecule has 28 heavy (non-hydrogen) atoms. The van der Waals surface area contributed by atoms with Crippen LogP contribution in [0.2, 0.25) is 18.6 Å². The molecule has 170 valence electrons. The monoisotopic (exact) mass is 415 g/mol. The first-order valence-electron chi connectivity index (χ1n) is 12.2. The van der Waals surface area contributed by atoms with Gasteiger partial charge in [0.1, 0.15) is 0 Å². The van der Waals surface area contributed by atoms with Crippen LogP contribution in [0, 0.1) is 0 Å². The molecule has 0 saturated carbocycles. The first-order chi connectivity index (χ1) is 13.5. The van der Waals surface area contributed by atoms with E-state index in [2.05, 4.69) is 55.9 Å². The standard InChI is InChI=1S/C23H53N3OSi/c1-8-16-24(10-3)18-13-20-26(21-14-19-25(11-4)17-9-2)22-15-23-28(7,12-5)27-6/h8-23H2,1-7H3. The van der Waals surface area contributed by atoms with Crippen LogP contribution in [0.25, 0.3) is 0 Å². The zero-order chi connectivity index (χ0) is 21.3. The molecule has 0 rings (SSSR count). The van der Waals surface area contributed by atoms with Crippen LogP contribution in [-0.2, 0) is 4.43 Å². The maximum Gasteiger partial charge on any atom is 0.189 e. The summed E-state index contributed by atoms with van der Waals surface area (Å²) in [5.74, 6) is 0. The van der Waals surface area contributed by atoms with Gasteiger partial charge in [-0.2, -0.15) is 0 Å². The first-order valence-corrected chi connectivity index (χ1v) is 15.0. The largest absolute Gasteiger partial charge is 0.420 e. The van der Waals surface area contributed by atoms with Gasteiger partial charge in [0, 0.05) is 7.11 Å². The fraction of sp³-hybridized carbons (Fsp3) is 1.00. The molecule has 4 nitrogen and oxygen atoms in total. The summed E-state index contributed by atoms with van der Waals surface area (Å²) >= 11 is 0. The molecular formula is C23H53N3OSi. The molecule has 0 saturated heterocycles. The molecule has 0 aromatic rings. The van der Waals surface area contributed by atoms with Crippen molar-refractivity contribution in [2.75, 3.05) is 66.0 Å². The van der Waals surface area contributed by atoms with E-state index in [1.807, 2.05) is 7.11 Å². The molecule has 0 aliphatic carbocycles. The van der Waals surface area contributed by atoms with Gasteiger partial charge in [-0.15, -0.1) is 0 Å². The van der Waals surface area contributed by atoms with Crippen LogP contribution in [0.4, 0.5) is 0 Å². The van der Waals surface area contributed by atoms with Crippen LogP contribution < -0.4 is 0 Å². The molecule has 0 aliphatic heterocycles. The molecule has 0 amide bonds. The highest BCUT2D eigenvalue weighted by atomic mass is 28.4. The second-order valence-corrected chi connectivity index (χ2v) is 13.0. The third kappa shape index (κ3) is 13.3. The first kappa shape index (κ1) is 28.1. The Kier molecular flexibility index (Phi) is 17.9. The van der Waals surface area contributed by atoms with Gasteiger partial charge in [0.15, 0.2) is 8.32 Å². The number of hydrogen-bond acceptors (Lipinski definition) is 4. The van der Waals surface area contributed by atoms with Gasteiger partial charge in [0.05, 0.1) is 0 Å². The average Bonchev–Trinajstić information content (AvgIpc) is 2.71. The normalized spacial score (nSPS) is 14.4. The van der Waals surface area contributed by atoms with Crippen LogP contribution in [0.15, 0.2) is 0 Å². The van der Waals surface area contributed by atoms with Crippen LogP contribution >= 0.6 is 0 Å². The molecule has 0 aromatic heterocycles. The molecule has 0 radical (unpaired) electrons. The Morgan fingerprint density at radius 1 is 0.607 bits per heavy atom. The topological polar surface area (TPSA) is 19.0 Å². The molecule has 1 atom stereocenters. The highest BCUT2D eigenvalue weighted by molar-refractivity contribution is 6.72. The van der Waals surface area contributed by atoms with Gasteiger partial charge in [-0.25, -0.2) is 0 Å². The Balaban J connectivity index is 4.47. The minimum atomic E-state index is -1.44. The van der Waals surface area contributed by atoms with E-state index < -0.39 is 8.32 Å². The molecular weight excluding hydrogens is 362 g/mol. The maximum absolute atomic E-state index is 5.88. The van der Waals surface area contributed by atoms with Crippen LogP contribution in [0.1, 0.15) is 66.7 Å². The summed E-state index contributed by atoms with van der Waals surface area (Å²) in [6.07, 6.45) is 6.42. The van der Waals surface area contributed by atoms with Gasteiger partial charge in [-0.1, -0.05) is 34.6 Å². The van der Waals surface area contributed by atoms with Crippen molar-refractivity contribution in [3.8, 4) is 0 Å². The average molecular weight is 416 g/mol. The fourth-order valence-corrected chi connectivity index (χ4v) is 5.71. The lowest BCUT2D eigenvalue weighted by Gasteiger charge is -2.28. The molecule has 5 heteroatoms. The summed E-state index contributed by atoms with van der Waals surface area (Å²) in [7, 11) is 0.486. The lowest BCUT2D eigenvalue weighted by atomic mass is 10.2. The predicted molar refractivity (Wildman–Crippen MR) is 129 cm³/mol. The van der Waals surface area contributed by atoms with E-state index in [1.54, 1.807) is 0 Å². The van der Waals surface area contributed by atoms with Gasteiger partial charge in [-0.3, -0.25) is 0 Å². The van der Waals surface area contributed by atoms with Gasteiger partial charge in [-0.05, 0) is 110 Å². The molecule has 0 aromatic carbocycles. The van der Waals surface area contributed by atoms with E-state index in [9.17, 15) is 0 Å². The molecule has 0 fully saturated rings. The molecule has 0 aliphatic rings. The second kappa shape index (κ2) is 17.9. The van der Waals surface area contributed by atoms with Crippen molar-refractivity contribution in [2.45, 2.75) is 85.4 Å². The molecule has 0 heterocycles. The van der Waals surface area contributed by atoms with Crippen molar-refractivity contribution in [3.05, 3.63) is 0 Å². The number of rotatable bonds is 20. The summed E-state index contributed by atoms with van der Waals surface area (Å²) in [5, 5.41) is 0. The second-order valence-electron chi connectivity index (χ2n) is 8.53. The third-order valence-corrected chi connectivity index (χ3v) is 10.2. The third-order valence-electron chi connectivity index (χ3n) is 6.29. The zero-order valence-corrected chi connectivity index (χ0v) is 21.6. The highest BCUT2D eigenvalue weighted by Crippen LogP contribution is 2.18. The van der Waals surface area contributed by atoms with Crippen molar-refractivity contribution in [2.24, 2.45) is 0 Å². The highest BCUT2D eigenvalue weighted by Gasteiger charge is 2.24. The van der Waals surface area contributed by atoms with E-state index in [-0.39, 0.29) is 0 Å². The summed E-state index contributed by atoms with van der Waals surface area (Å²) in [6.45, 7) is 24.9. The van der Waals surface area contributed by atoms with E-state index in [0.29, 0.717) is 0 Å². The predicted octanol–water partition coefficient (Wildman–Crippen LogP) is 5.16. The van der Waals surface area contributed by atoms with Crippen molar-refractivity contribution in [1.82, 2.24) is 14.7 Å². The summed E-state index contributed by atoms with van der Waals surface area (Å²) < 4.78 is 5.88. The van der Waals surface area contributed by atoms with Crippen LogP contribution in [-0.4, -0.2) is 89.0 Å². The molecule has 1 unspecified atom stereocenters. The Bertz CT molecular complexity index is 320. The Hall–Kier alpha value is 0.0569. The number of nitrogens with zero attached hydrogens (tertiary/aromatic N) is 3. The zero-order valence-electron chi connectivity index (χ0n) is 20.6. The minimum absolute atomic E-state index is 1.19. The Morgan fingerprint density at radius 3 is 1.39 bits per heavy atom. The maximum atomic E-state index is 5.88. The molecule has 0 spiro atoms. The minimum Gasteiger partial charge on any atom is -0.420 e. The summed E-state index contributed by atoms with van der Waals surface area (Å²) in [6, 6.07) is 2.53.